The van der Waals surface area contributed by atoms with E-state index in [1.54, 1.807) is 0 Å². The van der Waals surface area contributed by atoms with Crippen molar-refractivity contribution in [2.24, 2.45) is 35.5 Å². The van der Waals surface area contributed by atoms with Crippen LogP contribution in [0, 0.1) is 35.5 Å². The third-order valence-electron chi connectivity index (χ3n) is 6.56. The molecular formula is C18H28O2. The van der Waals surface area contributed by atoms with Crippen LogP contribution in [0.3, 0.4) is 0 Å². The van der Waals surface area contributed by atoms with Gasteiger partial charge >= 0.3 is 5.97 Å². The zero-order valence-electron chi connectivity index (χ0n) is 13.1. The lowest BCUT2D eigenvalue weighted by Crippen LogP contribution is -2.45. The lowest BCUT2D eigenvalue weighted by Gasteiger charge is -2.43. The molecule has 20 heavy (non-hydrogen) atoms. The summed E-state index contributed by atoms with van der Waals surface area (Å²) < 4.78 is 5.74. The Labute approximate surface area is 123 Å². The summed E-state index contributed by atoms with van der Waals surface area (Å²) in [4.78, 5) is 11.6. The van der Waals surface area contributed by atoms with Crippen molar-refractivity contribution < 1.29 is 9.53 Å². The van der Waals surface area contributed by atoms with Gasteiger partial charge in [0.15, 0.2) is 0 Å². The van der Waals surface area contributed by atoms with E-state index in [-0.39, 0.29) is 11.6 Å². The maximum Gasteiger partial charge on any atom is 0.330 e. The Morgan fingerprint density at radius 2 is 1.80 bits per heavy atom. The van der Waals surface area contributed by atoms with Gasteiger partial charge in [0.25, 0.3) is 0 Å². The first-order chi connectivity index (χ1) is 9.62. The Bertz CT molecular complexity index is 416. The van der Waals surface area contributed by atoms with Gasteiger partial charge in [0.05, 0.1) is 0 Å². The van der Waals surface area contributed by atoms with E-state index in [1.165, 1.54) is 31.8 Å². The van der Waals surface area contributed by atoms with Gasteiger partial charge in [-0.1, -0.05) is 20.4 Å². The van der Waals surface area contributed by atoms with Crippen LogP contribution < -0.4 is 0 Å². The molecule has 2 heteroatoms. The second-order valence-corrected chi connectivity index (χ2v) is 7.23. The Hall–Kier alpha value is -0.790. The molecule has 0 amide bonds. The molecular weight excluding hydrogens is 248 g/mol. The van der Waals surface area contributed by atoms with Crippen LogP contribution in [0.15, 0.2) is 12.7 Å². The highest BCUT2D eigenvalue weighted by Crippen LogP contribution is 2.70. The number of ether oxygens (including phenoxy) is 1. The summed E-state index contributed by atoms with van der Waals surface area (Å²) >= 11 is 0. The van der Waals surface area contributed by atoms with Crippen molar-refractivity contribution in [1.82, 2.24) is 0 Å². The second kappa shape index (κ2) is 4.89. The first-order valence-electron chi connectivity index (χ1n) is 8.48. The number of carbonyl (C=O) groups is 1. The Balaban J connectivity index is 0.000000581. The van der Waals surface area contributed by atoms with Crippen LogP contribution in [0.1, 0.15) is 52.9 Å². The zero-order valence-corrected chi connectivity index (χ0v) is 13.1. The molecule has 0 aliphatic heterocycles. The molecule has 0 saturated heterocycles. The van der Waals surface area contributed by atoms with Gasteiger partial charge < -0.3 is 4.74 Å². The minimum atomic E-state index is -0.232. The molecule has 0 radical (unpaired) electrons. The van der Waals surface area contributed by atoms with E-state index >= 15 is 0 Å². The molecule has 4 saturated carbocycles. The van der Waals surface area contributed by atoms with Crippen LogP contribution in [0.4, 0.5) is 0 Å². The molecule has 0 heterocycles. The summed E-state index contributed by atoms with van der Waals surface area (Å²) in [7, 11) is 0. The van der Waals surface area contributed by atoms with Crippen LogP contribution in [0.25, 0.3) is 0 Å². The Kier molecular flexibility index (Phi) is 3.46. The van der Waals surface area contributed by atoms with Gasteiger partial charge in [-0.05, 0) is 68.6 Å². The van der Waals surface area contributed by atoms with Gasteiger partial charge in [0.1, 0.15) is 5.60 Å². The molecule has 4 bridgehead atoms. The summed E-state index contributed by atoms with van der Waals surface area (Å²) in [6, 6.07) is 0. The number of carbonyl (C=O) groups excluding carboxylic acids is 1. The average molecular weight is 276 g/mol. The first-order valence-corrected chi connectivity index (χ1v) is 8.48. The molecule has 0 spiro atoms. The fourth-order valence-electron chi connectivity index (χ4n) is 6.25. The van der Waals surface area contributed by atoms with E-state index in [2.05, 4.69) is 13.5 Å². The van der Waals surface area contributed by atoms with Crippen LogP contribution >= 0.6 is 0 Å². The van der Waals surface area contributed by atoms with Crippen LogP contribution in [-0.2, 0) is 9.53 Å². The fourth-order valence-corrected chi connectivity index (χ4v) is 6.25. The predicted octanol–water partition coefficient (Wildman–Crippen LogP) is 4.20. The van der Waals surface area contributed by atoms with E-state index in [4.69, 9.17) is 4.74 Å². The largest absolute Gasteiger partial charge is 0.456 e. The summed E-state index contributed by atoms with van der Waals surface area (Å²) in [6.45, 7) is 9.69. The lowest BCUT2D eigenvalue weighted by atomic mass is 9.66. The number of hydrogen-bond donors (Lipinski definition) is 0. The van der Waals surface area contributed by atoms with Crippen molar-refractivity contribution in [3.8, 4) is 0 Å². The van der Waals surface area contributed by atoms with Gasteiger partial charge in [-0.25, -0.2) is 4.79 Å². The van der Waals surface area contributed by atoms with Gasteiger partial charge in [-0.2, -0.15) is 0 Å². The third kappa shape index (κ3) is 1.79. The van der Waals surface area contributed by atoms with Gasteiger partial charge in [0.2, 0.25) is 0 Å². The molecule has 4 rings (SSSR count). The van der Waals surface area contributed by atoms with Crippen molar-refractivity contribution in [2.75, 3.05) is 0 Å². The Morgan fingerprint density at radius 1 is 1.15 bits per heavy atom. The van der Waals surface area contributed by atoms with Crippen LogP contribution in [0.5, 0.6) is 0 Å². The van der Waals surface area contributed by atoms with Crippen molar-refractivity contribution in [1.29, 1.82) is 0 Å². The van der Waals surface area contributed by atoms with E-state index in [1.807, 2.05) is 13.8 Å². The SMILES string of the molecule is C=CC(=O)OC1(C)CC2CC1C1C3CCC(C3)C21.CC. The highest BCUT2D eigenvalue weighted by atomic mass is 16.6. The quantitative estimate of drug-likeness (QED) is 0.429. The maximum absolute atomic E-state index is 11.6. The van der Waals surface area contributed by atoms with Crippen molar-refractivity contribution >= 4 is 5.97 Å². The molecule has 2 nitrogen and oxygen atoms in total. The Morgan fingerprint density at radius 3 is 2.45 bits per heavy atom. The van der Waals surface area contributed by atoms with E-state index in [0.29, 0.717) is 5.92 Å². The average Bonchev–Trinajstić information content (AvgIpc) is 3.17. The molecule has 7 atom stereocenters. The molecule has 7 unspecified atom stereocenters. The number of esters is 1. The van der Waals surface area contributed by atoms with Crippen LogP contribution in [0.2, 0.25) is 0 Å². The van der Waals surface area contributed by atoms with E-state index in [9.17, 15) is 4.79 Å². The molecule has 0 N–H and O–H groups in total. The standard InChI is InChI=1S/C16H22O2.C2H6/c1-3-13(17)18-16(2)8-11-7-12(16)15-10-5-4-9(6-10)14(11)15;1-2/h3,9-12,14-15H,1,4-8H2,2H3;1-2H3. The van der Waals surface area contributed by atoms with Gasteiger partial charge in [-0.15, -0.1) is 0 Å². The van der Waals surface area contributed by atoms with Crippen molar-refractivity contribution in [3.63, 3.8) is 0 Å². The monoisotopic (exact) mass is 276 g/mol. The minimum absolute atomic E-state index is 0.193. The molecule has 4 fully saturated rings. The molecule has 4 aliphatic carbocycles. The molecule has 4 aliphatic rings. The van der Waals surface area contributed by atoms with Gasteiger partial charge in [-0.3, -0.25) is 0 Å². The lowest BCUT2D eigenvalue weighted by molar-refractivity contribution is -0.162. The second-order valence-electron chi connectivity index (χ2n) is 7.23. The van der Waals surface area contributed by atoms with Gasteiger partial charge in [0, 0.05) is 12.0 Å². The fraction of sp³-hybridized carbons (Fsp3) is 0.833. The molecule has 112 valence electrons. The third-order valence-corrected chi connectivity index (χ3v) is 6.56. The van der Waals surface area contributed by atoms with Crippen molar-refractivity contribution in [2.45, 2.75) is 58.5 Å². The summed E-state index contributed by atoms with van der Waals surface area (Å²) in [5.74, 6) is 5.02. The zero-order chi connectivity index (χ0) is 14.5. The predicted molar refractivity (Wildman–Crippen MR) is 80.1 cm³/mol. The number of fused-ring (bicyclic) bond motifs is 9. The minimum Gasteiger partial charge on any atom is -0.456 e. The van der Waals surface area contributed by atoms with Crippen molar-refractivity contribution in [3.05, 3.63) is 12.7 Å². The summed E-state index contributed by atoms with van der Waals surface area (Å²) in [6.07, 6.45) is 8.09. The number of rotatable bonds is 2. The number of hydrogen-bond acceptors (Lipinski definition) is 2. The smallest absolute Gasteiger partial charge is 0.330 e. The highest BCUT2D eigenvalue weighted by Gasteiger charge is 2.66. The van der Waals surface area contributed by atoms with Crippen LogP contribution in [-0.4, -0.2) is 11.6 Å². The first kappa shape index (κ1) is 14.2. The highest BCUT2D eigenvalue weighted by molar-refractivity contribution is 5.81. The molecule has 0 aromatic rings. The molecule has 0 aromatic carbocycles. The molecule has 0 aromatic heterocycles. The van der Waals surface area contributed by atoms with E-state index in [0.717, 1.165) is 36.0 Å². The summed E-state index contributed by atoms with van der Waals surface area (Å²) in [5, 5.41) is 0. The summed E-state index contributed by atoms with van der Waals surface area (Å²) in [5.41, 5.74) is -0.193. The normalized spacial score (nSPS) is 50.4. The van der Waals surface area contributed by atoms with E-state index < -0.39 is 0 Å². The maximum atomic E-state index is 11.6. The topological polar surface area (TPSA) is 26.3 Å².